The predicted octanol–water partition coefficient (Wildman–Crippen LogP) is 3.34. The Bertz CT molecular complexity index is 505. The molecule has 0 aliphatic heterocycles. The summed E-state index contributed by atoms with van der Waals surface area (Å²) in [5, 5.41) is 8.57. The SMILES string of the molecule is COc1cc(C(F)(F)F)c(C(N)CCC(=O)O)cc1Br. The van der Waals surface area contributed by atoms with Gasteiger partial charge in [-0.15, -0.1) is 0 Å². The van der Waals surface area contributed by atoms with Crippen molar-refractivity contribution in [3.8, 4) is 5.75 Å². The molecule has 0 aliphatic carbocycles. The van der Waals surface area contributed by atoms with Gasteiger partial charge in [0.2, 0.25) is 0 Å². The Hall–Kier alpha value is -1.28. The normalized spacial score (nSPS) is 13.1. The topological polar surface area (TPSA) is 72.5 Å². The lowest BCUT2D eigenvalue weighted by Gasteiger charge is -2.19. The first-order chi connectivity index (χ1) is 9.16. The van der Waals surface area contributed by atoms with Crippen molar-refractivity contribution in [2.24, 2.45) is 5.73 Å². The summed E-state index contributed by atoms with van der Waals surface area (Å²) in [4.78, 5) is 10.5. The molecular formula is C12H13BrF3NO3. The Morgan fingerprint density at radius 1 is 1.50 bits per heavy atom. The smallest absolute Gasteiger partial charge is 0.416 e. The Kier molecular flexibility index (Phi) is 5.41. The molecule has 0 bridgehead atoms. The van der Waals surface area contributed by atoms with Crippen molar-refractivity contribution in [1.82, 2.24) is 0 Å². The number of alkyl halides is 3. The van der Waals surface area contributed by atoms with Crippen LogP contribution in [0.25, 0.3) is 0 Å². The number of methoxy groups -OCH3 is 1. The molecule has 0 aliphatic rings. The number of benzene rings is 1. The van der Waals surface area contributed by atoms with E-state index in [4.69, 9.17) is 15.6 Å². The molecule has 1 unspecified atom stereocenters. The van der Waals surface area contributed by atoms with Crippen LogP contribution in [0.5, 0.6) is 5.75 Å². The number of halogens is 4. The van der Waals surface area contributed by atoms with E-state index in [1.165, 1.54) is 13.2 Å². The second kappa shape index (κ2) is 6.45. The fourth-order valence-corrected chi connectivity index (χ4v) is 2.23. The minimum absolute atomic E-state index is 0.0338. The molecule has 3 N–H and O–H groups in total. The average Bonchev–Trinajstić information content (AvgIpc) is 2.34. The summed E-state index contributed by atoms with van der Waals surface area (Å²) in [6, 6.07) is 1.04. The molecule has 112 valence electrons. The Morgan fingerprint density at radius 3 is 2.55 bits per heavy atom. The highest BCUT2D eigenvalue weighted by Gasteiger charge is 2.35. The van der Waals surface area contributed by atoms with E-state index in [-0.39, 0.29) is 24.2 Å². The van der Waals surface area contributed by atoms with Gasteiger partial charge in [-0.2, -0.15) is 13.2 Å². The molecular weight excluding hydrogens is 343 g/mol. The number of hydrogen-bond donors (Lipinski definition) is 2. The summed E-state index contributed by atoms with van der Waals surface area (Å²) in [5.41, 5.74) is 4.59. The highest BCUT2D eigenvalue weighted by molar-refractivity contribution is 9.10. The van der Waals surface area contributed by atoms with E-state index in [0.29, 0.717) is 4.47 Å². The van der Waals surface area contributed by atoms with Gasteiger partial charge >= 0.3 is 12.1 Å². The van der Waals surface area contributed by atoms with Crippen LogP contribution in [-0.4, -0.2) is 18.2 Å². The van der Waals surface area contributed by atoms with E-state index in [9.17, 15) is 18.0 Å². The van der Waals surface area contributed by atoms with Crippen molar-refractivity contribution in [3.05, 3.63) is 27.7 Å². The van der Waals surface area contributed by atoms with Crippen LogP contribution in [0.3, 0.4) is 0 Å². The minimum Gasteiger partial charge on any atom is -0.496 e. The van der Waals surface area contributed by atoms with E-state index >= 15 is 0 Å². The summed E-state index contributed by atoms with van der Waals surface area (Å²) in [6.07, 6.45) is -4.98. The van der Waals surface area contributed by atoms with Gasteiger partial charge in [0.15, 0.2) is 0 Å². The quantitative estimate of drug-likeness (QED) is 0.849. The maximum absolute atomic E-state index is 13.0. The predicted molar refractivity (Wildman–Crippen MR) is 69.5 cm³/mol. The molecule has 0 amide bonds. The number of hydrogen-bond acceptors (Lipinski definition) is 3. The summed E-state index contributed by atoms with van der Waals surface area (Å²) < 4.78 is 44.2. The summed E-state index contributed by atoms with van der Waals surface area (Å²) in [7, 11) is 1.25. The van der Waals surface area contributed by atoms with Crippen LogP contribution in [0, 0.1) is 0 Å². The van der Waals surface area contributed by atoms with Gasteiger partial charge in [0.25, 0.3) is 0 Å². The van der Waals surface area contributed by atoms with Gasteiger partial charge in [0.1, 0.15) is 5.75 Å². The molecule has 0 saturated carbocycles. The van der Waals surface area contributed by atoms with Crippen LogP contribution in [-0.2, 0) is 11.0 Å². The zero-order valence-electron chi connectivity index (χ0n) is 10.5. The molecule has 0 fully saturated rings. The lowest BCUT2D eigenvalue weighted by molar-refractivity contribution is -0.138. The number of carboxylic acid groups (broad SMARTS) is 1. The van der Waals surface area contributed by atoms with E-state index < -0.39 is 23.8 Å². The van der Waals surface area contributed by atoms with Crippen LogP contribution in [0.15, 0.2) is 16.6 Å². The summed E-state index contributed by atoms with van der Waals surface area (Å²) in [6.45, 7) is 0. The number of carbonyl (C=O) groups is 1. The van der Waals surface area contributed by atoms with Gasteiger partial charge in [-0.25, -0.2) is 0 Å². The molecule has 0 heterocycles. The van der Waals surface area contributed by atoms with E-state index in [2.05, 4.69) is 15.9 Å². The van der Waals surface area contributed by atoms with Gasteiger partial charge in [0, 0.05) is 12.5 Å². The number of carboxylic acids is 1. The largest absolute Gasteiger partial charge is 0.496 e. The van der Waals surface area contributed by atoms with E-state index in [0.717, 1.165) is 6.07 Å². The van der Waals surface area contributed by atoms with Gasteiger partial charge in [-0.1, -0.05) is 0 Å². The van der Waals surface area contributed by atoms with Crippen LogP contribution >= 0.6 is 15.9 Å². The highest BCUT2D eigenvalue weighted by Crippen LogP contribution is 2.40. The first-order valence-corrected chi connectivity index (χ1v) is 6.38. The van der Waals surface area contributed by atoms with Crippen LogP contribution < -0.4 is 10.5 Å². The maximum Gasteiger partial charge on any atom is 0.416 e. The third-order valence-electron chi connectivity index (χ3n) is 2.70. The second-order valence-electron chi connectivity index (χ2n) is 4.11. The molecule has 20 heavy (non-hydrogen) atoms. The fourth-order valence-electron chi connectivity index (χ4n) is 1.71. The van der Waals surface area contributed by atoms with Crippen LogP contribution in [0.1, 0.15) is 30.0 Å². The Morgan fingerprint density at radius 2 is 2.10 bits per heavy atom. The first-order valence-electron chi connectivity index (χ1n) is 5.58. The van der Waals surface area contributed by atoms with Crippen molar-refractivity contribution in [1.29, 1.82) is 0 Å². The molecule has 0 aromatic heterocycles. The fraction of sp³-hybridized carbons (Fsp3) is 0.417. The lowest BCUT2D eigenvalue weighted by Crippen LogP contribution is -2.18. The molecule has 1 rings (SSSR count). The van der Waals surface area contributed by atoms with Crippen molar-refractivity contribution in [3.63, 3.8) is 0 Å². The molecule has 0 radical (unpaired) electrons. The van der Waals surface area contributed by atoms with Gasteiger partial charge in [-0.3, -0.25) is 4.79 Å². The van der Waals surface area contributed by atoms with E-state index in [1.54, 1.807) is 0 Å². The molecule has 0 spiro atoms. The van der Waals surface area contributed by atoms with Crippen molar-refractivity contribution < 1.29 is 27.8 Å². The number of aliphatic carboxylic acids is 1. The highest BCUT2D eigenvalue weighted by atomic mass is 79.9. The third kappa shape index (κ3) is 4.11. The van der Waals surface area contributed by atoms with E-state index in [1.807, 2.05) is 0 Å². The molecule has 1 aromatic rings. The standard InChI is InChI=1S/C12H13BrF3NO3/c1-20-10-5-7(12(14,15)16)6(4-8(10)13)9(17)2-3-11(18)19/h4-5,9H,2-3,17H2,1H3,(H,18,19). The minimum atomic E-state index is -4.59. The summed E-state index contributed by atoms with van der Waals surface area (Å²) in [5.74, 6) is -1.08. The van der Waals surface area contributed by atoms with Crippen molar-refractivity contribution in [2.45, 2.75) is 25.1 Å². The number of ether oxygens (including phenoxy) is 1. The average molecular weight is 356 g/mol. The number of nitrogens with two attached hydrogens (primary N) is 1. The van der Waals surface area contributed by atoms with Gasteiger partial charge < -0.3 is 15.6 Å². The molecule has 1 aromatic carbocycles. The summed E-state index contributed by atoms with van der Waals surface area (Å²) >= 11 is 3.09. The molecule has 1 atom stereocenters. The maximum atomic E-state index is 13.0. The van der Waals surface area contributed by atoms with Crippen LogP contribution in [0.2, 0.25) is 0 Å². The Labute approximate surface area is 121 Å². The third-order valence-corrected chi connectivity index (χ3v) is 3.32. The Balaban J connectivity index is 3.22. The monoisotopic (exact) mass is 355 g/mol. The second-order valence-corrected chi connectivity index (χ2v) is 4.97. The molecule has 0 saturated heterocycles. The zero-order valence-corrected chi connectivity index (χ0v) is 12.1. The molecule has 4 nitrogen and oxygen atoms in total. The lowest BCUT2D eigenvalue weighted by atomic mass is 9.96. The van der Waals surface area contributed by atoms with Crippen molar-refractivity contribution in [2.75, 3.05) is 7.11 Å². The first kappa shape index (κ1) is 16.8. The van der Waals surface area contributed by atoms with Crippen LogP contribution in [0.4, 0.5) is 13.2 Å². The van der Waals surface area contributed by atoms with Gasteiger partial charge in [-0.05, 0) is 40.0 Å². The zero-order chi connectivity index (χ0) is 15.5. The number of rotatable bonds is 5. The molecule has 8 heteroatoms. The van der Waals surface area contributed by atoms with Gasteiger partial charge in [0.05, 0.1) is 17.1 Å². The van der Waals surface area contributed by atoms with Crippen molar-refractivity contribution >= 4 is 21.9 Å².